The van der Waals surface area contributed by atoms with Crippen LogP contribution in [0.15, 0.2) is 115 Å². The molecule has 2 unspecified atom stereocenters. The van der Waals surface area contributed by atoms with Crippen LogP contribution in [0, 0.1) is 0 Å². The van der Waals surface area contributed by atoms with Gasteiger partial charge in [0.25, 0.3) is 0 Å². The van der Waals surface area contributed by atoms with Gasteiger partial charge in [-0.05, 0) is 48.5 Å². The minimum absolute atomic E-state index is 0.434. The number of benzene rings is 5. The zero-order valence-corrected chi connectivity index (χ0v) is 24.3. The number of fused-ring (bicyclic) bond motifs is 2. The number of ether oxygens (including phenoxy) is 5. The normalized spacial score (nSPS) is 19.9. The molecule has 0 aromatic heterocycles. The summed E-state index contributed by atoms with van der Waals surface area (Å²) in [6.45, 7) is 0. The van der Waals surface area contributed by atoms with Crippen LogP contribution in [0.2, 0.25) is 0 Å². The molecular weight excluding hydrogens is 556 g/mol. The van der Waals surface area contributed by atoms with Gasteiger partial charge in [-0.25, -0.2) is 9.59 Å². The number of rotatable bonds is 7. The van der Waals surface area contributed by atoms with E-state index in [1.165, 1.54) is 0 Å². The molecule has 218 valence electrons. The molecule has 0 fully saturated rings. The molecule has 0 saturated carbocycles. The summed E-state index contributed by atoms with van der Waals surface area (Å²) in [4.78, 5) is 26.9. The molecule has 0 saturated heterocycles. The molecule has 0 aliphatic carbocycles. The predicted molar refractivity (Wildman–Crippen MR) is 162 cm³/mol. The van der Waals surface area contributed by atoms with Crippen molar-refractivity contribution in [1.82, 2.24) is 0 Å². The molecule has 0 radical (unpaired) electrons. The maximum Gasteiger partial charge on any atom is 0.340 e. The number of hydrogen-bond acceptors (Lipinski definition) is 7. The molecule has 2 atom stereocenters. The van der Waals surface area contributed by atoms with Crippen molar-refractivity contribution in [2.75, 3.05) is 21.3 Å². The molecule has 5 aromatic rings. The lowest BCUT2D eigenvalue weighted by molar-refractivity contribution is 0.0235. The highest BCUT2D eigenvalue weighted by atomic mass is 16.6. The summed E-state index contributed by atoms with van der Waals surface area (Å²) in [5.74, 6) is 0.944. The van der Waals surface area contributed by atoms with Crippen molar-refractivity contribution >= 4 is 11.9 Å². The summed E-state index contributed by atoms with van der Waals surface area (Å²) in [5, 5.41) is 0. The van der Waals surface area contributed by atoms with E-state index in [-0.39, 0.29) is 0 Å². The average molecular weight is 585 g/mol. The van der Waals surface area contributed by atoms with Crippen molar-refractivity contribution in [3.8, 4) is 17.2 Å². The van der Waals surface area contributed by atoms with Crippen molar-refractivity contribution in [2.45, 2.75) is 11.2 Å². The molecule has 7 nitrogen and oxygen atoms in total. The first-order valence-corrected chi connectivity index (χ1v) is 14.1. The number of methoxy groups -OCH3 is 3. The Morgan fingerprint density at radius 3 is 1.45 bits per heavy atom. The molecule has 5 aromatic carbocycles. The lowest BCUT2D eigenvalue weighted by Gasteiger charge is -2.35. The van der Waals surface area contributed by atoms with Gasteiger partial charge in [-0.15, -0.1) is 0 Å². The smallest absolute Gasteiger partial charge is 0.340 e. The second-order valence-electron chi connectivity index (χ2n) is 10.6. The summed E-state index contributed by atoms with van der Waals surface area (Å²) < 4.78 is 29.6. The predicted octanol–water partition coefficient (Wildman–Crippen LogP) is 6.64. The third-order valence-corrected chi connectivity index (χ3v) is 8.52. The molecule has 7 heteroatoms. The van der Waals surface area contributed by atoms with Crippen LogP contribution in [0.3, 0.4) is 0 Å². The van der Waals surface area contributed by atoms with Crippen LogP contribution < -0.4 is 14.2 Å². The standard InChI is InChI=1S/C37H28O7/c1-40-26-17-12-23(13-18-26)36(30-10-6-4-8-28(30)34(38)43-36)25-16-21-33(42-3)32(22-25)37(24-14-19-27(41-2)20-15-24)31-11-7-5-9-29(31)35(39)44-37/h4-22H,1-3H3. The third kappa shape index (κ3) is 3.82. The van der Waals surface area contributed by atoms with Crippen molar-refractivity contribution in [3.63, 3.8) is 0 Å². The Morgan fingerprint density at radius 2 is 0.932 bits per heavy atom. The Bertz CT molecular complexity index is 1910. The first kappa shape index (κ1) is 27.3. The maximum absolute atomic E-state index is 13.5. The van der Waals surface area contributed by atoms with Crippen LogP contribution in [0.1, 0.15) is 54.1 Å². The van der Waals surface area contributed by atoms with Gasteiger partial charge in [-0.2, -0.15) is 0 Å². The number of carbonyl (C=O) groups excluding carboxylic acids is 2. The summed E-state index contributed by atoms with van der Waals surface area (Å²) in [5.41, 5.74) is 2.31. The summed E-state index contributed by atoms with van der Waals surface area (Å²) >= 11 is 0. The first-order chi connectivity index (χ1) is 21.5. The van der Waals surface area contributed by atoms with Gasteiger partial charge in [0.2, 0.25) is 0 Å². The quantitative estimate of drug-likeness (QED) is 0.199. The van der Waals surface area contributed by atoms with E-state index < -0.39 is 23.1 Å². The van der Waals surface area contributed by atoms with Gasteiger partial charge in [-0.1, -0.05) is 66.7 Å². The zero-order chi connectivity index (χ0) is 30.5. The molecule has 2 heterocycles. The van der Waals surface area contributed by atoms with E-state index in [1.54, 1.807) is 33.5 Å². The third-order valence-electron chi connectivity index (χ3n) is 8.52. The summed E-state index contributed by atoms with van der Waals surface area (Å²) in [6.07, 6.45) is 0. The second-order valence-corrected chi connectivity index (χ2v) is 10.6. The minimum atomic E-state index is -1.37. The molecular formula is C37H28O7. The number of esters is 2. The summed E-state index contributed by atoms with van der Waals surface area (Å²) in [7, 11) is 4.78. The zero-order valence-electron chi connectivity index (χ0n) is 24.3. The topological polar surface area (TPSA) is 80.3 Å². The Hall–Kier alpha value is -5.56. The van der Waals surface area contributed by atoms with E-state index in [0.29, 0.717) is 56.2 Å². The molecule has 0 amide bonds. The van der Waals surface area contributed by atoms with E-state index in [9.17, 15) is 9.59 Å². The Kier molecular flexibility index (Phi) is 6.39. The van der Waals surface area contributed by atoms with E-state index in [0.717, 1.165) is 5.56 Å². The second kappa shape index (κ2) is 10.3. The Labute approximate surface area is 254 Å². The highest BCUT2D eigenvalue weighted by Gasteiger charge is 2.53. The van der Waals surface area contributed by atoms with E-state index in [4.69, 9.17) is 23.7 Å². The fourth-order valence-electron chi connectivity index (χ4n) is 6.45. The van der Waals surface area contributed by atoms with Gasteiger partial charge in [0, 0.05) is 33.4 Å². The highest BCUT2D eigenvalue weighted by molar-refractivity contribution is 5.97. The van der Waals surface area contributed by atoms with Crippen LogP contribution in [0.4, 0.5) is 0 Å². The Balaban J connectivity index is 1.54. The van der Waals surface area contributed by atoms with Crippen LogP contribution in [-0.4, -0.2) is 33.3 Å². The van der Waals surface area contributed by atoms with E-state index in [2.05, 4.69) is 0 Å². The van der Waals surface area contributed by atoms with Gasteiger partial charge in [-0.3, -0.25) is 0 Å². The molecule has 0 N–H and O–H groups in total. The lowest BCUT2D eigenvalue weighted by Crippen LogP contribution is -2.33. The van der Waals surface area contributed by atoms with E-state index in [1.807, 2.05) is 103 Å². The number of cyclic esters (lactones) is 2. The molecule has 7 rings (SSSR count). The average Bonchev–Trinajstić information content (AvgIpc) is 3.56. The van der Waals surface area contributed by atoms with Crippen molar-refractivity contribution < 1.29 is 33.3 Å². The van der Waals surface area contributed by atoms with E-state index >= 15 is 0 Å². The van der Waals surface area contributed by atoms with Gasteiger partial charge in [0.1, 0.15) is 17.2 Å². The monoisotopic (exact) mass is 584 g/mol. The molecule has 0 spiro atoms. The fourth-order valence-corrected chi connectivity index (χ4v) is 6.45. The maximum atomic E-state index is 13.5. The van der Waals surface area contributed by atoms with Crippen molar-refractivity contribution in [3.05, 3.63) is 160 Å². The molecule has 2 aliphatic rings. The number of hydrogen-bond donors (Lipinski definition) is 0. The minimum Gasteiger partial charge on any atom is -0.497 e. The van der Waals surface area contributed by atoms with Gasteiger partial charge in [0.05, 0.1) is 32.5 Å². The highest BCUT2D eigenvalue weighted by Crippen LogP contribution is 2.53. The largest absolute Gasteiger partial charge is 0.497 e. The van der Waals surface area contributed by atoms with Crippen molar-refractivity contribution in [1.29, 1.82) is 0 Å². The molecule has 0 bridgehead atoms. The SMILES string of the molecule is COc1ccc(C2(c3ccc(OC)c(C4(c5ccc(OC)cc5)OC(=O)c5ccccc54)c3)OC(=O)c3ccccc32)cc1. The van der Waals surface area contributed by atoms with Gasteiger partial charge < -0.3 is 23.7 Å². The molecule has 2 aliphatic heterocycles. The lowest BCUT2D eigenvalue weighted by atomic mass is 9.75. The van der Waals surface area contributed by atoms with Gasteiger partial charge >= 0.3 is 11.9 Å². The van der Waals surface area contributed by atoms with Crippen LogP contribution in [0.25, 0.3) is 0 Å². The Morgan fingerprint density at radius 1 is 0.477 bits per heavy atom. The van der Waals surface area contributed by atoms with Crippen LogP contribution in [0.5, 0.6) is 17.2 Å². The molecule has 44 heavy (non-hydrogen) atoms. The van der Waals surface area contributed by atoms with Crippen LogP contribution in [-0.2, 0) is 20.7 Å². The number of carbonyl (C=O) groups is 2. The van der Waals surface area contributed by atoms with Crippen LogP contribution >= 0.6 is 0 Å². The fraction of sp³-hybridized carbons (Fsp3) is 0.135. The summed E-state index contributed by atoms with van der Waals surface area (Å²) in [6, 6.07) is 35.2. The van der Waals surface area contributed by atoms with Crippen molar-refractivity contribution in [2.24, 2.45) is 0 Å². The van der Waals surface area contributed by atoms with Gasteiger partial charge in [0.15, 0.2) is 11.2 Å². The first-order valence-electron chi connectivity index (χ1n) is 14.1.